The van der Waals surface area contributed by atoms with E-state index >= 15 is 0 Å². The maximum Gasteiger partial charge on any atom is 0.247 e. The molecule has 4 aromatic rings. The highest BCUT2D eigenvalue weighted by Gasteiger charge is 2.28. The largest absolute Gasteiger partial charge is 0.490 e. The molecule has 180 valence electrons. The first-order chi connectivity index (χ1) is 17.6. The monoisotopic (exact) mass is 482 g/mol. The van der Waals surface area contributed by atoms with Crippen molar-refractivity contribution in [2.75, 3.05) is 28.9 Å². The second kappa shape index (κ2) is 9.79. The number of hydrogen-bond donors (Lipinski definition) is 1. The first kappa shape index (κ1) is 22.9. The number of ether oxygens (including phenoxy) is 2. The van der Waals surface area contributed by atoms with Gasteiger partial charge in [-0.15, -0.1) is 0 Å². The van der Waals surface area contributed by atoms with E-state index in [1.54, 1.807) is 18.3 Å². The normalized spacial score (nSPS) is 12.2. The van der Waals surface area contributed by atoms with E-state index < -0.39 is 5.82 Å². The summed E-state index contributed by atoms with van der Waals surface area (Å²) in [6.07, 6.45) is 4.81. The molecular formula is C28H23FN4O3. The average Bonchev–Trinajstić information content (AvgIpc) is 3.29. The number of aromatic nitrogens is 1. The molecule has 0 fully saturated rings. The number of carbonyl (C=O) groups excluding carboxylic acids is 1. The van der Waals surface area contributed by atoms with E-state index in [0.717, 1.165) is 22.7 Å². The van der Waals surface area contributed by atoms with Crippen LogP contribution in [0.4, 0.5) is 32.8 Å². The number of nitrogens with zero attached hydrogens (tertiary/aromatic N) is 3. The number of benzene rings is 3. The summed E-state index contributed by atoms with van der Waals surface area (Å²) in [5.74, 6) is 0.161. The highest BCUT2D eigenvalue weighted by molar-refractivity contribution is 5.99. The number of hydrogen-bond acceptors (Lipinski definition) is 6. The Bertz CT molecular complexity index is 1420. The van der Waals surface area contributed by atoms with Crippen LogP contribution in [0.3, 0.4) is 0 Å². The third-order valence-corrected chi connectivity index (χ3v) is 5.76. The molecule has 1 N–H and O–H groups in total. The Labute approximate surface area is 208 Å². The molecule has 1 aliphatic rings. The van der Waals surface area contributed by atoms with E-state index in [4.69, 9.17) is 9.47 Å². The van der Waals surface area contributed by atoms with Gasteiger partial charge in [-0.1, -0.05) is 18.7 Å². The van der Waals surface area contributed by atoms with Crippen molar-refractivity contribution in [3.05, 3.63) is 104 Å². The molecule has 0 radical (unpaired) electrons. The molecule has 0 spiro atoms. The van der Waals surface area contributed by atoms with Crippen LogP contribution in [0.2, 0.25) is 0 Å². The summed E-state index contributed by atoms with van der Waals surface area (Å²) in [4.78, 5) is 20.3. The van der Waals surface area contributed by atoms with Crippen molar-refractivity contribution in [1.29, 1.82) is 0 Å². The minimum absolute atomic E-state index is 0.0586. The SMILES string of the molecule is C=CC(=O)Nc1cccc(N2CN(c3ccc(Oc4cccc(F)c4OC)cc3)c3cnccc32)c1. The lowest BCUT2D eigenvalue weighted by atomic mass is 10.2. The van der Waals surface area contributed by atoms with Gasteiger partial charge in [0.15, 0.2) is 17.3 Å². The summed E-state index contributed by atoms with van der Waals surface area (Å²) < 4.78 is 25.0. The lowest BCUT2D eigenvalue weighted by molar-refractivity contribution is -0.111. The third kappa shape index (κ3) is 4.44. The predicted molar refractivity (Wildman–Crippen MR) is 138 cm³/mol. The molecule has 0 unspecified atom stereocenters. The van der Waals surface area contributed by atoms with Crippen molar-refractivity contribution in [2.24, 2.45) is 0 Å². The number of anilines is 5. The summed E-state index contributed by atoms with van der Waals surface area (Å²) in [5.41, 5.74) is 4.47. The van der Waals surface area contributed by atoms with Crippen molar-refractivity contribution >= 4 is 34.3 Å². The Morgan fingerprint density at radius 1 is 1.03 bits per heavy atom. The molecule has 0 atom stereocenters. The molecule has 1 amide bonds. The van der Waals surface area contributed by atoms with E-state index in [1.165, 1.54) is 19.3 Å². The van der Waals surface area contributed by atoms with Crippen LogP contribution in [0.5, 0.6) is 17.2 Å². The van der Waals surface area contributed by atoms with Gasteiger partial charge in [0.1, 0.15) is 12.4 Å². The molecular weight excluding hydrogens is 459 g/mol. The van der Waals surface area contributed by atoms with Gasteiger partial charge in [-0.25, -0.2) is 4.39 Å². The lowest BCUT2D eigenvalue weighted by Crippen LogP contribution is -2.24. The molecule has 7 nitrogen and oxygen atoms in total. The number of fused-ring (bicyclic) bond motifs is 1. The molecule has 2 heterocycles. The number of amides is 1. The summed E-state index contributed by atoms with van der Waals surface area (Å²) in [5, 5.41) is 2.80. The van der Waals surface area contributed by atoms with Gasteiger partial charge in [-0.2, -0.15) is 0 Å². The smallest absolute Gasteiger partial charge is 0.247 e. The fourth-order valence-corrected chi connectivity index (χ4v) is 4.08. The third-order valence-electron chi connectivity index (χ3n) is 5.76. The molecule has 8 heteroatoms. The van der Waals surface area contributed by atoms with E-state index in [-0.39, 0.29) is 11.7 Å². The van der Waals surface area contributed by atoms with Gasteiger partial charge in [0.05, 0.1) is 24.7 Å². The van der Waals surface area contributed by atoms with Crippen LogP contribution >= 0.6 is 0 Å². The van der Waals surface area contributed by atoms with Crippen LogP contribution in [0.1, 0.15) is 0 Å². The summed E-state index contributed by atoms with van der Waals surface area (Å²) in [7, 11) is 1.40. The summed E-state index contributed by atoms with van der Waals surface area (Å²) >= 11 is 0. The van der Waals surface area contributed by atoms with Crippen LogP contribution in [0, 0.1) is 5.82 Å². The topological polar surface area (TPSA) is 66.9 Å². The molecule has 0 aliphatic carbocycles. The van der Waals surface area contributed by atoms with E-state index in [1.807, 2.05) is 60.8 Å². The standard InChI is InChI=1S/C28H23FN4O3/c1-3-27(34)31-19-6-4-7-21(16-19)33-18-32(25-17-30-15-14-24(25)33)20-10-12-22(13-11-20)36-26-9-5-8-23(29)28(26)35-2/h3-17H,1,18H2,2H3,(H,31,34). The number of para-hydroxylation sites is 1. The number of methoxy groups -OCH3 is 1. The highest BCUT2D eigenvalue weighted by Crippen LogP contribution is 2.44. The van der Waals surface area contributed by atoms with Gasteiger partial charge in [0, 0.05) is 23.3 Å². The van der Waals surface area contributed by atoms with E-state index in [0.29, 0.717) is 23.9 Å². The molecule has 0 saturated carbocycles. The van der Waals surface area contributed by atoms with Crippen molar-refractivity contribution in [2.45, 2.75) is 0 Å². The predicted octanol–water partition coefficient (Wildman–Crippen LogP) is 6.39. The van der Waals surface area contributed by atoms with E-state index in [2.05, 4.69) is 26.7 Å². The van der Waals surface area contributed by atoms with Gasteiger partial charge >= 0.3 is 0 Å². The fraction of sp³-hybridized carbons (Fsp3) is 0.0714. The van der Waals surface area contributed by atoms with Crippen LogP contribution in [-0.4, -0.2) is 24.7 Å². The maximum absolute atomic E-state index is 14.0. The molecule has 0 saturated heterocycles. The first-order valence-electron chi connectivity index (χ1n) is 11.2. The van der Waals surface area contributed by atoms with Gasteiger partial charge in [0.2, 0.25) is 5.91 Å². The Morgan fingerprint density at radius 3 is 2.58 bits per heavy atom. The molecule has 36 heavy (non-hydrogen) atoms. The van der Waals surface area contributed by atoms with Crippen molar-refractivity contribution < 1.29 is 18.7 Å². The fourth-order valence-electron chi connectivity index (χ4n) is 4.08. The Morgan fingerprint density at radius 2 is 1.81 bits per heavy atom. The van der Waals surface area contributed by atoms with Gasteiger partial charge in [0.25, 0.3) is 0 Å². The van der Waals surface area contributed by atoms with Crippen LogP contribution in [0.15, 0.2) is 97.8 Å². The Hall–Kier alpha value is -4.85. The minimum Gasteiger partial charge on any atom is -0.490 e. The molecule has 3 aromatic carbocycles. The quantitative estimate of drug-likeness (QED) is 0.308. The van der Waals surface area contributed by atoms with Crippen LogP contribution in [-0.2, 0) is 4.79 Å². The summed E-state index contributed by atoms with van der Waals surface area (Å²) in [6.45, 7) is 4.04. The second-order valence-corrected chi connectivity index (χ2v) is 7.97. The molecule has 1 aliphatic heterocycles. The zero-order valence-electron chi connectivity index (χ0n) is 19.5. The first-order valence-corrected chi connectivity index (χ1v) is 11.2. The van der Waals surface area contributed by atoms with Crippen molar-refractivity contribution in [3.63, 3.8) is 0 Å². The number of halogens is 1. The number of carbonyl (C=O) groups is 1. The van der Waals surface area contributed by atoms with Crippen molar-refractivity contribution in [3.8, 4) is 17.2 Å². The van der Waals surface area contributed by atoms with E-state index in [9.17, 15) is 9.18 Å². The van der Waals surface area contributed by atoms with Crippen LogP contribution < -0.4 is 24.6 Å². The lowest BCUT2D eigenvalue weighted by Gasteiger charge is -2.22. The highest BCUT2D eigenvalue weighted by atomic mass is 19.1. The number of nitrogens with one attached hydrogen (secondary N) is 1. The number of rotatable bonds is 7. The summed E-state index contributed by atoms with van der Waals surface area (Å²) in [6, 6.07) is 21.6. The maximum atomic E-state index is 14.0. The Kier molecular flexibility index (Phi) is 6.23. The zero-order chi connectivity index (χ0) is 25.1. The molecule has 1 aromatic heterocycles. The average molecular weight is 483 g/mol. The molecule has 5 rings (SSSR count). The van der Waals surface area contributed by atoms with Gasteiger partial charge in [-0.05, 0) is 66.7 Å². The van der Waals surface area contributed by atoms with Crippen LogP contribution in [0.25, 0.3) is 0 Å². The van der Waals surface area contributed by atoms with Gasteiger partial charge in [-0.3, -0.25) is 9.78 Å². The van der Waals surface area contributed by atoms with Gasteiger partial charge < -0.3 is 24.6 Å². The Balaban J connectivity index is 1.40. The molecule has 0 bridgehead atoms. The second-order valence-electron chi connectivity index (χ2n) is 7.97. The number of pyridine rings is 1. The minimum atomic E-state index is -0.485. The van der Waals surface area contributed by atoms with Crippen molar-refractivity contribution in [1.82, 2.24) is 4.98 Å². The zero-order valence-corrected chi connectivity index (χ0v) is 19.5.